The Morgan fingerprint density at radius 2 is 1.89 bits per heavy atom. The van der Waals surface area contributed by atoms with E-state index in [-0.39, 0.29) is 5.91 Å². The molecular weight excluding hydrogens is 224 g/mol. The first-order chi connectivity index (χ1) is 8.56. The highest BCUT2D eigenvalue weighted by atomic mass is 16.2. The summed E-state index contributed by atoms with van der Waals surface area (Å²) in [6.45, 7) is 4.96. The van der Waals surface area contributed by atoms with Gasteiger partial charge in [-0.1, -0.05) is 32.0 Å². The fourth-order valence-corrected chi connectivity index (χ4v) is 2.00. The molecule has 1 aromatic rings. The van der Waals surface area contributed by atoms with Crippen molar-refractivity contribution in [2.75, 3.05) is 18.5 Å². The van der Waals surface area contributed by atoms with Crippen molar-refractivity contribution < 1.29 is 4.79 Å². The molecule has 2 N–H and O–H groups in total. The Labute approximate surface area is 110 Å². The van der Waals surface area contributed by atoms with Gasteiger partial charge in [-0.05, 0) is 36.9 Å². The van der Waals surface area contributed by atoms with Crippen LogP contribution in [0.3, 0.4) is 0 Å². The average Bonchev–Trinajstić information content (AvgIpc) is 2.39. The number of amides is 1. The number of para-hydroxylation sites is 1. The summed E-state index contributed by atoms with van der Waals surface area (Å²) in [6, 6.07) is 9.72. The third-order valence-corrected chi connectivity index (χ3v) is 3.49. The minimum absolute atomic E-state index is 0.153. The summed E-state index contributed by atoms with van der Waals surface area (Å²) in [5.74, 6) is 1.11. The molecule has 0 aliphatic heterocycles. The summed E-state index contributed by atoms with van der Waals surface area (Å²) < 4.78 is 0. The van der Waals surface area contributed by atoms with Crippen molar-refractivity contribution in [3.63, 3.8) is 0 Å². The van der Waals surface area contributed by atoms with E-state index in [4.69, 9.17) is 5.73 Å². The molecule has 1 amide bonds. The van der Waals surface area contributed by atoms with Crippen molar-refractivity contribution in [1.82, 2.24) is 0 Å². The third kappa shape index (κ3) is 4.15. The van der Waals surface area contributed by atoms with Crippen molar-refractivity contribution in [3.05, 3.63) is 30.3 Å². The second kappa shape index (κ2) is 7.17. The smallest absolute Gasteiger partial charge is 0.226 e. The van der Waals surface area contributed by atoms with Gasteiger partial charge in [0.15, 0.2) is 0 Å². The van der Waals surface area contributed by atoms with E-state index in [0.717, 1.165) is 12.1 Å². The Hall–Kier alpha value is -1.35. The quantitative estimate of drug-likeness (QED) is 0.841. The van der Waals surface area contributed by atoms with Crippen LogP contribution in [0.25, 0.3) is 0 Å². The molecule has 0 saturated heterocycles. The SMILES string of the molecule is CC(C)C(CN)CCC(=O)N(C)c1ccccc1. The van der Waals surface area contributed by atoms with Crippen LogP contribution in [-0.4, -0.2) is 19.5 Å². The van der Waals surface area contributed by atoms with Gasteiger partial charge < -0.3 is 10.6 Å². The maximum absolute atomic E-state index is 12.1. The molecule has 1 rings (SSSR count). The van der Waals surface area contributed by atoms with Crippen molar-refractivity contribution in [2.45, 2.75) is 26.7 Å². The van der Waals surface area contributed by atoms with Crippen LogP contribution in [0.15, 0.2) is 30.3 Å². The van der Waals surface area contributed by atoms with E-state index in [1.165, 1.54) is 0 Å². The van der Waals surface area contributed by atoms with E-state index < -0.39 is 0 Å². The van der Waals surface area contributed by atoms with Crippen molar-refractivity contribution in [1.29, 1.82) is 0 Å². The number of carbonyl (C=O) groups excluding carboxylic acids is 1. The molecule has 0 aliphatic carbocycles. The number of nitrogens with two attached hydrogens (primary N) is 1. The van der Waals surface area contributed by atoms with Crippen LogP contribution < -0.4 is 10.6 Å². The average molecular weight is 248 g/mol. The van der Waals surface area contributed by atoms with Gasteiger partial charge in [-0.2, -0.15) is 0 Å². The van der Waals surface area contributed by atoms with E-state index in [9.17, 15) is 4.79 Å². The zero-order valence-corrected chi connectivity index (χ0v) is 11.6. The van der Waals surface area contributed by atoms with Gasteiger partial charge in [0.25, 0.3) is 0 Å². The first kappa shape index (κ1) is 14.7. The van der Waals surface area contributed by atoms with Crippen molar-refractivity contribution in [3.8, 4) is 0 Å². The number of rotatable bonds is 6. The van der Waals surface area contributed by atoms with Crippen molar-refractivity contribution in [2.24, 2.45) is 17.6 Å². The van der Waals surface area contributed by atoms with Gasteiger partial charge in [-0.15, -0.1) is 0 Å². The van der Waals surface area contributed by atoms with Crippen LogP contribution >= 0.6 is 0 Å². The molecule has 0 fully saturated rings. The lowest BCUT2D eigenvalue weighted by molar-refractivity contribution is -0.118. The molecule has 0 spiro atoms. The number of anilines is 1. The largest absolute Gasteiger partial charge is 0.330 e. The molecule has 0 saturated carbocycles. The third-order valence-electron chi connectivity index (χ3n) is 3.49. The summed E-state index contributed by atoms with van der Waals surface area (Å²) in [4.78, 5) is 13.8. The molecule has 1 unspecified atom stereocenters. The molecule has 0 heterocycles. The molecule has 0 radical (unpaired) electrons. The summed E-state index contributed by atoms with van der Waals surface area (Å²) in [6.07, 6.45) is 1.43. The summed E-state index contributed by atoms with van der Waals surface area (Å²) >= 11 is 0. The maximum atomic E-state index is 12.1. The maximum Gasteiger partial charge on any atom is 0.226 e. The fourth-order valence-electron chi connectivity index (χ4n) is 2.00. The Morgan fingerprint density at radius 1 is 1.28 bits per heavy atom. The topological polar surface area (TPSA) is 46.3 Å². The Morgan fingerprint density at radius 3 is 2.39 bits per heavy atom. The van der Waals surface area contributed by atoms with Crippen LogP contribution in [0.2, 0.25) is 0 Å². The molecule has 3 heteroatoms. The predicted molar refractivity (Wildman–Crippen MR) is 76.5 cm³/mol. The molecule has 18 heavy (non-hydrogen) atoms. The standard InChI is InChI=1S/C15H24N2O/c1-12(2)13(11-16)9-10-15(18)17(3)14-7-5-4-6-8-14/h4-8,12-13H,9-11,16H2,1-3H3. The first-order valence-electron chi connectivity index (χ1n) is 6.58. The van der Waals surface area contributed by atoms with E-state index in [1.54, 1.807) is 4.90 Å². The molecule has 3 nitrogen and oxygen atoms in total. The number of hydrogen-bond donors (Lipinski definition) is 1. The monoisotopic (exact) mass is 248 g/mol. The molecule has 1 aromatic carbocycles. The van der Waals surface area contributed by atoms with E-state index in [1.807, 2.05) is 37.4 Å². The van der Waals surface area contributed by atoms with Crippen LogP contribution in [0.1, 0.15) is 26.7 Å². The molecule has 0 aromatic heterocycles. The van der Waals surface area contributed by atoms with Crippen LogP contribution in [0.5, 0.6) is 0 Å². The summed E-state index contributed by atoms with van der Waals surface area (Å²) in [7, 11) is 1.82. The highest BCUT2D eigenvalue weighted by Crippen LogP contribution is 2.18. The van der Waals surface area contributed by atoms with Gasteiger partial charge in [-0.25, -0.2) is 0 Å². The lowest BCUT2D eigenvalue weighted by atomic mass is 9.91. The van der Waals surface area contributed by atoms with Crippen LogP contribution in [0, 0.1) is 11.8 Å². The molecule has 100 valence electrons. The molecule has 0 aliphatic rings. The normalized spacial score (nSPS) is 12.5. The number of benzene rings is 1. The second-order valence-electron chi connectivity index (χ2n) is 5.07. The minimum Gasteiger partial charge on any atom is -0.330 e. The van der Waals surface area contributed by atoms with Gasteiger partial charge in [0.2, 0.25) is 5.91 Å². The lowest BCUT2D eigenvalue weighted by Gasteiger charge is -2.21. The van der Waals surface area contributed by atoms with E-state index >= 15 is 0 Å². The van der Waals surface area contributed by atoms with Crippen LogP contribution in [0.4, 0.5) is 5.69 Å². The van der Waals surface area contributed by atoms with Crippen LogP contribution in [-0.2, 0) is 4.79 Å². The van der Waals surface area contributed by atoms with E-state index in [0.29, 0.717) is 24.8 Å². The number of hydrogen-bond acceptors (Lipinski definition) is 2. The number of nitrogens with zero attached hydrogens (tertiary/aromatic N) is 1. The molecule has 0 bridgehead atoms. The number of carbonyl (C=O) groups is 1. The lowest BCUT2D eigenvalue weighted by Crippen LogP contribution is -2.28. The second-order valence-corrected chi connectivity index (χ2v) is 5.07. The van der Waals surface area contributed by atoms with E-state index in [2.05, 4.69) is 13.8 Å². The van der Waals surface area contributed by atoms with Gasteiger partial charge in [-0.3, -0.25) is 4.79 Å². The molecular formula is C15H24N2O. The zero-order chi connectivity index (χ0) is 13.5. The van der Waals surface area contributed by atoms with Gasteiger partial charge >= 0.3 is 0 Å². The summed E-state index contributed by atoms with van der Waals surface area (Å²) in [5, 5.41) is 0. The summed E-state index contributed by atoms with van der Waals surface area (Å²) in [5.41, 5.74) is 6.66. The van der Waals surface area contributed by atoms with Gasteiger partial charge in [0.05, 0.1) is 0 Å². The predicted octanol–water partition coefficient (Wildman–Crippen LogP) is 2.66. The van der Waals surface area contributed by atoms with Gasteiger partial charge in [0.1, 0.15) is 0 Å². The van der Waals surface area contributed by atoms with Gasteiger partial charge in [0, 0.05) is 19.2 Å². The minimum atomic E-state index is 0.153. The molecule has 1 atom stereocenters. The van der Waals surface area contributed by atoms with Crippen molar-refractivity contribution >= 4 is 11.6 Å². The highest BCUT2D eigenvalue weighted by molar-refractivity contribution is 5.92. The fraction of sp³-hybridized carbons (Fsp3) is 0.533. The zero-order valence-electron chi connectivity index (χ0n) is 11.6. The highest BCUT2D eigenvalue weighted by Gasteiger charge is 2.16. The first-order valence-corrected chi connectivity index (χ1v) is 6.58. The Balaban J connectivity index is 2.51. The Kier molecular flexibility index (Phi) is 5.86. The Bertz CT molecular complexity index is 362.